The summed E-state index contributed by atoms with van der Waals surface area (Å²) in [7, 11) is 3.31. The van der Waals surface area contributed by atoms with Crippen LogP contribution in [0.1, 0.15) is 33.6 Å². The van der Waals surface area contributed by atoms with Crippen molar-refractivity contribution in [2.45, 2.75) is 33.6 Å². The smallest absolute Gasteiger partial charge is 0.316 e. The van der Waals surface area contributed by atoms with Crippen molar-refractivity contribution in [3.63, 3.8) is 0 Å². The van der Waals surface area contributed by atoms with E-state index in [1.807, 2.05) is 20.8 Å². The summed E-state index contributed by atoms with van der Waals surface area (Å²) in [6.07, 6.45) is 0.974. The van der Waals surface area contributed by atoms with E-state index in [0.29, 0.717) is 45.8 Å². The molecule has 146 valence electrons. The number of ether oxygens (including phenoxy) is 2. The fourth-order valence-corrected chi connectivity index (χ4v) is 1.55. The first kappa shape index (κ1) is 23.3. The quantitative estimate of drug-likeness (QED) is 0.503. The largest absolute Gasteiger partial charge is 0.379 e. The van der Waals surface area contributed by atoms with Crippen LogP contribution in [0, 0.1) is 5.41 Å². The van der Waals surface area contributed by atoms with Crippen molar-refractivity contribution in [1.29, 1.82) is 0 Å². The Hall–Kier alpha value is -1.67. The monoisotopic (exact) mass is 359 g/mol. The van der Waals surface area contributed by atoms with E-state index < -0.39 is 0 Å². The number of amides is 3. The van der Waals surface area contributed by atoms with Crippen LogP contribution in [-0.4, -0.2) is 76.2 Å². The molecule has 0 aromatic rings. The fraction of sp³-hybridized carbons (Fsp3) is 0.824. The molecule has 0 saturated heterocycles. The molecule has 0 spiro atoms. The molecule has 0 radical (unpaired) electrons. The van der Waals surface area contributed by atoms with Gasteiger partial charge in [0.1, 0.15) is 6.61 Å². The van der Waals surface area contributed by atoms with Gasteiger partial charge in [0.2, 0.25) is 5.91 Å². The summed E-state index contributed by atoms with van der Waals surface area (Å²) in [5.74, 6) is -0.0133. The van der Waals surface area contributed by atoms with Crippen molar-refractivity contribution in [1.82, 2.24) is 15.5 Å². The number of carbonyl (C=O) groups is 3. The average molecular weight is 359 g/mol. The summed E-state index contributed by atoms with van der Waals surface area (Å²) in [5, 5.41) is 5.38. The Labute approximate surface area is 150 Å². The Morgan fingerprint density at radius 1 is 0.920 bits per heavy atom. The third-order valence-electron chi connectivity index (χ3n) is 3.26. The van der Waals surface area contributed by atoms with E-state index in [1.165, 1.54) is 4.90 Å². The van der Waals surface area contributed by atoms with E-state index >= 15 is 0 Å². The maximum atomic E-state index is 11.6. The lowest BCUT2D eigenvalue weighted by atomic mass is 9.91. The van der Waals surface area contributed by atoms with Crippen LogP contribution >= 0.6 is 0 Å². The van der Waals surface area contributed by atoms with Gasteiger partial charge in [0.25, 0.3) is 0 Å². The van der Waals surface area contributed by atoms with Gasteiger partial charge in [-0.15, -0.1) is 0 Å². The first-order chi connectivity index (χ1) is 11.6. The van der Waals surface area contributed by atoms with Gasteiger partial charge in [-0.25, -0.2) is 4.79 Å². The minimum Gasteiger partial charge on any atom is -0.379 e. The SMILES string of the molecule is CN(C)C(=O)NCCNC(=O)CCCOCCOCC(=O)C(C)(C)C. The Kier molecular flexibility index (Phi) is 11.8. The summed E-state index contributed by atoms with van der Waals surface area (Å²) in [5.41, 5.74) is -0.385. The lowest BCUT2D eigenvalue weighted by Gasteiger charge is -2.16. The number of rotatable bonds is 12. The zero-order valence-electron chi connectivity index (χ0n) is 16.1. The molecule has 0 bridgehead atoms. The number of hydrogen-bond acceptors (Lipinski definition) is 5. The molecule has 8 nitrogen and oxygen atoms in total. The number of hydrogen-bond donors (Lipinski definition) is 2. The van der Waals surface area contributed by atoms with Crippen molar-refractivity contribution >= 4 is 17.7 Å². The summed E-state index contributed by atoms with van der Waals surface area (Å²) in [6, 6.07) is -0.186. The van der Waals surface area contributed by atoms with Crippen molar-refractivity contribution < 1.29 is 23.9 Å². The lowest BCUT2D eigenvalue weighted by molar-refractivity contribution is -0.131. The molecule has 0 heterocycles. The van der Waals surface area contributed by atoms with Crippen molar-refractivity contribution in [3.05, 3.63) is 0 Å². The molecule has 0 atom stereocenters. The van der Waals surface area contributed by atoms with Crippen LogP contribution in [0.15, 0.2) is 0 Å². The summed E-state index contributed by atoms with van der Waals surface area (Å²) >= 11 is 0. The summed E-state index contributed by atoms with van der Waals surface area (Å²) in [6.45, 7) is 7.68. The highest BCUT2D eigenvalue weighted by atomic mass is 16.5. The molecule has 3 amide bonds. The van der Waals surface area contributed by atoms with E-state index in [4.69, 9.17) is 9.47 Å². The second-order valence-electron chi connectivity index (χ2n) is 6.92. The normalized spacial score (nSPS) is 11.1. The third kappa shape index (κ3) is 13.3. The highest BCUT2D eigenvalue weighted by molar-refractivity contribution is 5.84. The molecule has 0 aromatic heterocycles. The standard InChI is InChI=1S/C17H33N3O5/c1-17(2,3)14(21)13-25-12-11-24-10-6-7-15(22)18-8-9-19-16(23)20(4)5/h6-13H2,1-5H3,(H,18,22)(H,19,23). The Morgan fingerprint density at radius 2 is 1.52 bits per heavy atom. The Bertz CT molecular complexity index is 419. The molecule has 8 heteroatoms. The molecular formula is C17H33N3O5. The molecule has 0 aromatic carbocycles. The highest BCUT2D eigenvalue weighted by Gasteiger charge is 2.20. The van der Waals surface area contributed by atoms with Crippen molar-refractivity contribution in [2.75, 3.05) is 53.6 Å². The second kappa shape index (κ2) is 12.7. The Morgan fingerprint density at radius 3 is 2.12 bits per heavy atom. The number of ketones is 1. The summed E-state index contributed by atoms with van der Waals surface area (Å²) < 4.78 is 10.6. The maximum absolute atomic E-state index is 11.6. The van der Waals surface area contributed by atoms with Crippen LogP contribution in [-0.2, 0) is 19.1 Å². The van der Waals surface area contributed by atoms with Crippen LogP contribution in [0.3, 0.4) is 0 Å². The molecule has 0 saturated carbocycles. The van der Waals surface area contributed by atoms with Gasteiger partial charge in [0, 0.05) is 45.6 Å². The van der Waals surface area contributed by atoms with Gasteiger partial charge in [-0.05, 0) is 6.42 Å². The van der Waals surface area contributed by atoms with Gasteiger partial charge in [-0.3, -0.25) is 9.59 Å². The van der Waals surface area contributed by atoms with E-state index in [1.54, 1.807) is 14.1 Å². The molecule has 0 aliphatic heterocycles. The average Bonchev–Trinajstić information content (AvgIpc) is 2.52. The molecule has 25 heavy (non-hydrogen) atoms. The summed E-state index contributed by atoms with van der Waals surface area (Å²) in [4.78, 5) is 35.9. The van der Waals surface area contributed by atoms with Gasteiger partial charge in [0.05, 0.1) is 13.2 Å². The minimum absolute atomic E-state index is 0.0611. The van der Waals surface area contributed by atoms with Gasteiger partial charge >= 0.3 is 6.03 Å². The maximum Gasteiger partial charge on any atom is 0.316 e. The van der Waals surface area contributed by atoms with E-state index in [9.17, 15) is 14.4 Å². The van der Waals surface area contributed by atoms with Gasteiger partial charge in [-0.2, -0.15) is 0 Å². The number of nitrogens with zero attached hydrogens (tertiary/aromatic N) is 1. The van der Waals surface area contributed by atoms with E-state index in [-0.39, 0.29) is 29.7 Å². The number of Topliss-reactive ketones (excluding diaryl/α,β-unsaturated/α-hetero) is 1. The van der Waals surface area contributed by atoms with Crippen molar-refractivity contribution in [3.8, 4) is 0 Å². The van der Waals surface area contributed by atoms with Gasteiger partial charge < -0.3 is 25.0 Å². The molecule has 0 unspecified atom stereocenters. The molecule has 0 aliphatic carbocycles. The van der Waals surface area contributed by atoms with Crippen LogP contribution < -0.4 is 10.6 Å². The van der Waals surface area contributed by atoms with Gasteiger partial charge in [-0.1, -0.05) is 20.8 Å². The third-order valence-corrected chi connectivity index (χ3v) is 3.26. The van der Waals surface area contributed by atoms with Gasteiger partial charge in [0.15, 0.2) is 5.78 Å². The lowest BCUT2D eigenvalue weighted by Crippen LogP contribution is -2.39. The Balaban J connectivity index is 3.44. The predicted molar refractivity (Wildman–Crippen MR) is 95.4 cm³/mol. The molecule has 2 N–H and O–H groups in total. The van der Waals surface area contributed by atoms with Crippen LogP contribution in [0.5, 0.6) is 0 Å². The number of urea groups is 1. The predicted octanol–water partition coefficient (Wildman–Crippen LogP) is 0.802. The van der Waals surface area contributed by atoms with Crippen LogP contribution in [0.4, 0.5) is 4.79 Å². The topological polar surface area (TPSA) is 97.0 Å². The van der Waals surface area contributed by atoms with Crippen LogP contribution in [0.2, 0.25) is 0 Å². The van der Waals surface area contributed by atoms with Crippen LogP contribution in [0.25, 0.3) is 0 Å². The first-order valence-corrected chi connectivity index (χ1v) is 8.55. The number of carbonyl (C=O) groups excluding carboxylic acids is 3. The molecule has 0 fully saturated rings. The molecule has 0 aliphatic rings. The minimum atomic E-state index is -0.385. The molecule has 0 rings (SSSR count). The first-order valence-electron chi connectivity index (χ1n) is 8.55. The van der Waals surface area contributed by atoms with E-state index in [0.717, 1.165) is 0 Å². The fourth-order valence-electron chi connectivity index (χ4n) is 1.55. The van der Waals surface area contributed by atoms with Crippen molar-refractivity contribution in [2.24, 2.45) is 5.41 Å². The zero-order valence-corrected chi connectivity index (χ0v) is 16.1. The number of nitrogens with one attached hydrogen (secondary N) is 2. The molecular weight excluding hydrogens is 326 g/mol. The van der Waals surface area contributed by atoms with E-state index in [2.05, 4.69) is 10.6 Å². The zero-order chi connectivity index (χ0) is 19.3. The second-order valence-corrected chi connectivity index (χ2v) is 6.92. The highest BCUT2D eigenvalue weighted by Crippen LogP contribution is 2.14.